The van der Waals surface area contributed by atoms with Gasteiger partial charge in [-0.15, -0.1) is 0 Å². The number of hydrogen-bond donors (Lipinski definition) is 0. The summed E-state index contributed by atoms with van der Waals surface area (Å²) in [5.41, 5.74) is 1.50. The third kappa shape index (κ3) is 2.21. The summed E-state index contributed by atoms with van der Waals surface area (Å²) < 4.78 is 0. The fourth-order valence-corrected chi connectivity index (χ4v) is 1.56. The lowest BCUT2D eigenvalue weighted by Gasteiger charge is -1.99. The van der Waals surface area contributed by atoms with Gasteiger partial charge in [-0.25, -0.2) is 4.98 Å². The molecule has 16 heavy (non-hydrogen) atoms. The molecular formula is C13H8ClNO. The molecule has 3 heteroatoms. The van der Waals surface area contributed by atoms with E-state index in [1.54, 1.807) is 0 Å². The van der Waals surface area contributed by atoms with E-state index in [4.69, 9.17) is 11.6 Å². The van der Waals surface area contributed by atoms with Gasteiger partial charge in [-0.1, -0.05) is 41.6 Å². The van der Waals surface area contributed by atoms with Crippen molar-refractivity contribution in [2.45, 2.75) is 6.42 Å². The maximum Gasteiger partial charge on any atom is 0.145 e. The third-order valence-electron chi connectivity index (χ3n) is 2.09. The van der Waals surface area contributed by atoms with E-state index < -0.39 is 0 Å². The summed E-state index contributed by atoms with van der Waals surface area (Å²) in [4.78, 5) is 14.4. The molecule has 0 N–H and O–H groups in total. The molecule has 1 aromatic carbocycles. The lowest BCUT2D eigenvalue weighted by molar-refractivity contribution is -0.107. The van der Waals surface area contributed by atoms with Crippen molar-refractivity contribution in [2.24, 2.45) is 0 Å². The first-order valence-electron chi connectivity index (χ1n) is 4.79. The Labute approximate surface area is 98.3 Å². The number of aromatic nitrogens is 1. The molecule has 0 aliphatic rings. The van der Waals surface area contributed by atoms with Crippen LogP contribution in [0, 0.1) is 11.8 Å². The molecule has 0 aliphatic heterocycles. The average molecular weight is 230 g/mol. The van der Waals surface area contributed by atoms with Crippen LogP contribution in [0.3, 0.4) is 0 Å². The van der Waals surface area contributed by atoms with Crippen LogP contribution in [0.15, 0.2) is 30.3 Å². The Bertz CT molecular complexity index is 596. The van der Waals surface area contributed by atoms with Gasteiger partial charge in [0.15, 0.2) is 0 Å². The number of hydrogen-bond acceptors (Lipinski definition) is 2. The fourth-order valence-electron chi connectivity index (χ4n) is 1.37. The lowest BCUT2D eigenvalue weighted by atomic mass is 10.1. The van der Waals surface area contributed by atoms with E-state index in [9.17, 15) is 4.79 Å². The van der Waals surface area contributed by atoms with E-state index in [1.807, 2.05) is 30.3 Å². The van der Waals surface area contributed by atoms with Crippen LogP contribution in [0.5, 0.6) is 0 Å². The van der Waals surface area contributed by atoms with Crippen molar-refractivity contribution in [1.82, 2.24) is 4.98 Å². The minimum absolute atomic E-state index is 0.211. The van der Waals surface area contributed by atoms with Crippen molar-refractivity contribution in [3.8, 4) is 11.8 Å². The van der Waals surface area contributed by atoms with Crippen LogP contribution in [0.4, 0.5) is 0 Å². The zero-order valence-electron chi connectivity index (χ0n) is 8.40. The SMILES string of the molecule is O=CCC#Cc1cc2ccccc2nc1Cl. The van der Waals surface area contributed by atoms with Crippen molar-refractivity contribution in [3.63, 3.8) is 0 Å². The molecule has 0 spiro atoms. The molecule has 1 heterocycles. The normalized spacial score (nSPS) is 9.56. The smallest absolute Gasteiger partial charge is 0.145 e. The van der Waals surface area contributed by atoms with E-state index >= 15 is 0 Å². The van der Waals surface area contributed by atoms with Crippen molar-refractivity contribution in [3.05, 3.63) is 41.0 Å². The Kier molecular flexibility index (Phi) is 3.19. The van der Waals surface area contributed by atoms with Crippen LogP contribution in [0.2, 0.25) is 5.15 Å². The van der Waals surface area contributed by atoms with Crippen molar-refractivity contribution in [2.75, 3.05) is 0 Å². The van der Waals surface area contributed by atoms with Crippen LogP contribution in [-0.4, -0.2) is 11.3 Å². The Morgan fingerprint density at radius 2 is 2.19 bits per heavy atom. The highest BCUT2D eigenvalue weighted by atomic mass is 35.5. The summed E-state index contributed by atoms with van der Waals surface area (Å²) in [7, 11) is 0. The molecule has 0 unspecified atom stereocenters. The van der Waals surface area contributed by atoms with E-state index in [-0.39, 0.29) is 6.42 Å². The summed E-state index contributed by atoms with van der Waals surface area (Å²) in [6, 6.07) is 9.56. The predicted molar refractivity (Wildman–Crippen MR) is 64.3 cm³/mol. The number of para-hydroxylation sites is 1. The molecule has 0 amide bonds. The molecule has 0 saturated carbocycles. The number of halogens is 1. The number of carbonyl (C=O) groups excluding carboxylic acids is 1. The second-order valence-electron chi connectivity index (χ2n) is 3.19. The van der Waals surface area contributed by atoms with Gasteiger partial charge in [-0.3, -0.25) is 0 Å². The molecule has 0 radical (unpaired) electrons. The minimum atomic E-state index is 0.211. The molecule has 2 nitrogen and oxygen atoms in total. The van der Waals surface area contributed by atoms with E-state index in [2.05, 4.69) is 16.8 Å². The number of nitrogens with zero attached hydrogens (tertiary/aromatic N) is 1. The molecule has 0 atom stereocenters. The maximum atomic E-state index is 10.1. The largest absolute Gasteiger partial charge is 0.302 e. The minimum Gasteiger partial charge on any atom is -0.302 e. The Balaban J connectivity index is 2.51. The first-order chi connectivity index (χ1) is 7.81. The first-order valence-corrected chi connectivity index (χ1v) is 5.17. The number of carbonyl (C=O) groups is 1. The molecule has 2 aromatic rings. The van der Waals surface area contributed by atoms with Crippen LogP contribution >= 0.6 is 11.6 Å². The zero-order chi connectivity index (χ0) is 11.4. The van der Waals surface area contributed by atoms with Gasteiger partial charge >= 0.3 is 0 Å². The maximum absolute atomic E-state index is 10.1. The topological polar surface area (TPSA) is 30.0 Å². The van der Waals surface area contributed by atoms with Gasteiger partial charge in [-0.05, 0) is 12.1 Å². The third-order valence-corrected chi connectivity index (χ3v) is 2.37. The van der Waals surface area contributed by atoms with E-state index in [0.717, 1.165) is 17.2 Å². The summed E-state index contributed by atoms with van der Waals surface area (Å²) >= 11 is 5.98. The molecule has 0 bridgehead atoms. The number of fused-ring (bicyclic) bond motifs is 1. The summed E-state index contributed by atoms with van der Waals surface area (Å²) in [5, 5.41) is 1.36. The summed E-state index contributed by atoms with van der Waals surface area (Å²) in [6.45, 7) is 0. The molecular weight excluding hydrogens is 222 g/mol. The van der Waals surface area contributed by atoms with Gasteiger partial charge in [0.25, 0.3) is 0 Å². The Morgan fingerprint density at radius 3 is 3.00 bits per heavy atom. The molecule has 0 fully saturated rings. The second kappa shape index (κ2) is 4.78. The Hall–Kier alpha value is -1.85. The lowest BCUT2D eigenvalue weighted by Crippen LogP contribution is -1.85. The quantitative estimate of drug-likeness (QED) is 0.428. The average Bonchev–Trinajstić information content (AvgIpc) is 2.30. The first kappa shape index (κ1) is 10.7. The monoisotopic (exact) mass is 229 g/mol. The van der Waals surface area contributed by atoms with Gasteiger partial charge in [0.05, 0.1) is 17.5 Å². The van der Waals surface area contributed by atoms with Gasteiger partial charge < -0.3 is 4.79 Å². The molecule has 1 aromatic heterocycles. The zero-order valence-corrected chi connectivity index (χ0v) is 9.16. The summed E-state index contributed by atoms with van der Waals surface area (Å²) in [6.07, 6.45) is 0.971. The highest BCUT2D eigenvalue weighted by molar-refractivity contribution is 6.31. The van der Waals surface area contributed by atoms with Crippen molar-refractivity contribution < 1.29 is 4.79 Å². The van der Waals surface area contributed by atoms with Gasteiger partial charge in [0, 0.05) is 5.39 Å². The molecule has 2 rings (SSSR count). The standard InChI is InChI=1S/C13H8ClNO/c14-13-11(6-3-4-8-16)9-10-5-1-2-7-12(10)15-13/h1-2,5,7-9H,4H2. The van der Waals surface area contributed by atoms with Gasteiger partial charge in [-0.2, -0.15) is 0 Å². The second-order valence-corrected chi connectivity index (χ2v) is 3.55. The van der Waals surface area contributed by atoms with Crippen LogP contribution in [0.1, 0.15) is 12.0 Å². The number of pyridine rings is 1. The molecule has 78 valence electrons. The highest BCUT2D eigenvalue weighted by Crippen LogP contribution is 2.19. The van der Waals surface area contributed by atoms with Crippen LogP contribution in [0.25, 0.3) is 10.9 Å². The summed E-state index contributed by atoms with van der Waals surface area (Å²) in [5.74, 6) is 5.54. The van der Waals surface area contributed by atoms with E-state index in [1.165, 1.54) is 0 Å². The predicted octanol–water partition coefficient (Wildman–Crippen LogP) is 2.83. The molecule has 0 saturated heterocycles. The number of aldehydes is 1. The highest BCUT2D eigenvalue weighted by Gasteiger charge is 2.01. The van der Waals surface area contributed by atoms with Gasteiger partial charge in [0.1, 0.15) is 11.4 Å². The van der Waals surface area contributed by atoms with Crippen LogP contribution in [-0.2, 0) is 4.79 Å². The van der Waals surface area contributed by atoms with Gasteiger partial charge in [0.2, 0.25) is 0 Å². The fraction of sp³-hybridized carbons (Fsp3) is 0.0769. The van der Waals surface area contributed by atoms with Crippen molar-refractivity contribution >= 4 is 28.8 Å². The molecule has 0 aliphatic carbocycles. The van der Waals surface area contributed by atoms with Crippen molar-refractivity contribution in [1.29, 1.82) is 0 Å². The number of rotatable bonds is 1. The van der Waals surface area contributed by atoms with Crippen LogP contribution < -0.4 is 0 Å². The number of benzene rings is 1. The Morgan fingerprint density at radius 1 is 1.38 bits per heavy atom. The van der Waals surface area contributed by atoms with E-state index in [0.29, 0.717) is 10.7 Å².